The first-order chi connectivity index (χ1) is 15.6. The minimum absolute atomic E-state index is 0.0613. The summed E-state index contributed by atoms with van der Waals surface area (Å²) >= 11 is 0. The molecule has 2 atom stereocenters. The molecule has 2 fully saturated rings. The third kappa shape index (κ3) is 4.04. The van der Waals surface area contributed by atoms with Crippen molar-refractivity contribution in [1.82, 2.24) is 19.8 Å². The van der Waals surface area contributed by atoms with Gasteiger partial charge in [-0.1, -0.05) is 35.9 Å². The number of nitrogens with zero attached hydrogens (tertiary/aromatic N) is 4. The number of hydrogen-bond donors (Lipinski definition) is 0. The smallest absolute Gasteiger partial charge is 0.257 e. The average Bonchev–Trinajstić information content (AvgIpc) is 3.17. The van der Waals surface area contributed by atoms with Crippen molar-refractivity contribution >= 4 is 5.91 Å². The van der Waals surface area contributed by atoms with Gasteiger partial charge in [0.2, 0.25) is 0 Å². The molecular formula is C26H28N4O2. The number of carbonyl (C=O) groups excluding carboxylic acids is 1. The summed E-state index contributed by atoms with van der Waals surface area (Å²) in [6.45, 7) is 5.94. The summed E-state index contributed by atoms with van der Waals surface area (Å²) in [5.41, 5.74) is 3.74. The van der Waals surface area contributed by atoms with Gasteiger partial charge in [0.25, 0.3) is 5.91 Å². The molecule has 2 aromatic heterocycles. The Kier molecular flexibility index (Phi) is 5.72. The summed E-state index contributed by atoms with van der Waals surface area (Å²) in [5.74, 6) is 0.00917. The second-order valence-corrected chi connectivity index (χ2v) is 8.82. The zero-order chi connectivity index (χ0) is 22.0. The Balaban J connectivity index is 1.45. The Hall–Kier alpha value is -3.09. The van der Waals surface area contributed by atoms with E-state index in [1.807, 2.05) is 29.3 Å². The number of carbonyl (C=O) groups is 1. The van der Waals surface area contributed by atoms with Gasteiger partial charge < -0.3 is 9.64 Å². The van der Waals surface area contributed by atoms with E-state index in [0.29, 0.717) is 26.2 Å². The molecule has 0 N–H and O–H groups in total. The third-order valence-electron chi connectivity index (χ3n) is 6.53. The average molecular weight is 429 g/mol. The fourth-order valence-corrected chi connectivity index (χ4v) is 5.05. The van der Waals surface area contributed by atoms with Crippen molar-refractivity contribution in [2.24, 2.45) is 0 Å². The highest BCUT2D eigenvalue weighted by molar-refractivity contribution is 5.88. The molecule has 1 amide bonds. The maximum absolute atomic E-state index is 13.9. The molecule has 0 saturated carbocycles. The molecule has 0 radical (unpaired) electrons. The maximum atomic E-state index is 13.9. The lowest BCUT2D eigenvalue weighted by Gasteiger charge is -2.42. The van der Waals surface area contributed by atoms with Crippen LogP contribution in [0.1, 0.15) is 28.2 Å². The van der Waals surface area contributed by atoms with Gasteiger partial charge in [0.15, 0.2) is 5.60 Å². The highest BCUT2D eigenvalue weighted by atomic mass is 16.5. The molecule has 2 saturated heterocycles. The van der Waals surface area contributed by atoms with Crippen LogP contribution in [0.5, 0.6) is 0 Å². The van der Waals surface area contributed by atoms with E-state index >= 15 is 0 Å². The molecule has 4 heterocycles. The lowest BCUT2D eigenvalue weighted by atomic mass is 9.83. The summed E-state index contributed by atoms with van der Waals surface area (Å²) < 4.78 is 6.39. The Morgan fingerprint density at radius 1 is 1.03 bits per heavy atom. The Bertz CT molecular complexity index is 1080. The van der Waals surface area contributed by atoms with Crippen molar-refractivity contribution in [1.29, 1.82) is 0 Å². The van der Waals surface area contributed by atoms with Crippen LogP contribution in [-0.4, -0.2) is 57.5 Å². The van der Waals surface area contributed by atoms with Crippen LogP contribution in [0.4, 0.5) is 0 Å². The van der Waals surface area contributed by atoms with Gasteiger partial charge in [0.1, 0.15) is 0 Å². The molecule has 6 heteroatoms. The molecule has 2 aliphatic heterocycles. The fraction of sp³-hybridized carbons (Fsp3) is 0.346. The summed E-state index contributed by atoms with van der Waals surface area (Å²) in [6.07, 6.45) is 7.19. The van der Waals surface area contributed by atoms with E-state index in [4.69, 9.17) is 4.74 Å². The zero-order valence-electron chi connectivity index (χ0n) is 18.4. The molecule has 1 aromatic carbocycles. The fourth-order valence-electron chi connectivity index (χ4n) is 5.05. The second-order valence-electron chi connectivity index (χ2n) is 8.82. The summed E-state index contributed by atoms with van der Waals surface area (Å²) in [4.78, 5) is 26.6. The first-order valence-corrected chi connectivity index (χ1v) is 11.1. The van der Waals surface area contributed by atoms with E-state index in [1.54, 1.807) is 18.6 Å². The molecule has 0 bridgehead atoms. The number of ether oxygens (including phenoxy) is 1. The zero-order valence-corrected chi connectivity index (χ0v) is 18.4. The van der Waals surface area contributed by atoms with Crippen LogP contribution in [0.3, 0.4) is 0 Å². The van der Waals surface area contributed by atoms with Gasteiger partial charge in [0.05, 0.1) is 6.61 Å². The SMILES string of the molecule is Cc1cccc(CN2C[C@@H](c3cccnc3)[C@@]3(C2)OCCN(Cc2ccncc2)C3=O)c1. The lowest BCUT2D eigenvalue weighted by molar-refractivity contribution is -0.173. The van der Waals surface area contributed by atoms with E-state index in [0.717, 1.165) is 24.2 Å². The Labute approximate surface area is 188 Å². The normalized spacial score (nSPS) is 23.7. The van der Waals surface area contributed by atoms with Crippen molar-refractivity contribution in [3.63, 3.8) is 0 Å². The van der Waals surface area contributed by atoms with Crippen molar-refractivity contribution in [2.75, 3.05) is 26.2 Å². The van der Waals surface area contributed by atoms with Crippen LogP contribution in [-0.2, 0) is 22.6 Å². The summed E-state index contributed by atoms with van der Waals surface area (Å²) in [7, 11) is 0. The van der Waals surface area contributed by atoms with Crippen molar-refractivity contribution < 1.29 is 9.53 Å². The van der Waals surface area contributed by atoms with Gasteiger partial charge >= 0.3 is 0 Å². The molecule has 5 rings (SSSR count). The van der Waals surface area contributed by atoms with Gasteiger partial charge in [0, 0.05) is 63.4 Å². The van der Waals surface area contributed by atoms with Crippen molar-refractivity contribution in [3.8, 4) is 0 Å². The van der Waals surface area contributed by atoms with Gasteiger partial charge in [-0.2, -0.15) is 0 Å². The Morgan fingerprint density at radius 2 is 1.91 bits per heavy atom. The molecule has 1 spiro atoms. The first kappa shape index (κ1) is 20.8. The van der Waals surface area contributed by atoms with Crippen LogP contribution >= 0.6 is 0 Å². The number of aryl methyl sites for hydroxylation is 1. The number of likely N-dealkylation sites (tertiary alicyclic amines) is 1. The predicted octanol–water partition coefficient (Wildman–Crippen LogP) is 3.18. The van der Waals surface area contributed by atoms with E-state index in [2.05, 4.69) is 52.1 Å². The number of pyridine rings is 2. The number of amides is 1. The third-order valence-corrected chi connectivity index (χ3v) is 6.53. The topological polar surface area (TPSA) is 58.6 Å². The number of benzene rings is 1. The van der Waals surface area contributed by atoms with Gasteiger partial charge in [-0.05, 0) is 41.8 Å². The van der Waals surface area contributed by atoms with Crippen molar-refractivity contribution in [3.05, 3.63) is 95.6 Å². The monoisotopic (exact) mass is 428 g/mol. The molecule has 0 aliphatic carbocycles. The highest BCUT2D eigenvalue weighted by Crippen LogP contribution is 2.42. The van der Waals surface area contributed by atoms with Gasteiger partial charge in [-0.3, -0.25) is 19.7 Å². The molecule has 0 unspecified atom stereocenters. The summed E-state index contributed by atoms with van der Waals surface area (Å²) in [6, 6.07) is 16.5. The van der Waals surface area contributed by atoms with Gasteiger partial charge in [-0.15, -0.1) is 0 Å². The van der Waals surface area contributed by atoms with Crippen molar-refractivity contribution in [2.45, 2.75) is 31.5 Å². The second kappa shape index (κ2) is 8.81. The molecule has 3 aromatic rings. The van der Waals surface area contributed by atoms with Crippen LogP contribution in [0.2, 0.25) is 0 Å². The van der Waals surface area contributed by atoms with E-state index < -0.39 is 5.60 Å². The quantitative estimate of drug-likeness (QED) is 0.625. The lowest BCUT2D eigenvalue weighted by Crippen LogP contribution is -2.59. The molecule has 164 valence electrons. The number of rotatable bonds is 5. The molecule has 2 aliphatic rings. The van der Waals surface area contributed by atoms with Crippen LogP contribution < -0.4 is 0 Å². The maximum Gasteiger partial charge on any atom is 0.257 e. The Morgan fingerprint density at radius 3 is 2.69 bits per heavy atom. The number of morpholine rings is 1. The highest BCUT2D eigenvalue weighted by Gasteiger charge is 2.56. The van der Waals surface area contributed by atoms with Crippen LogP contribution in [0.25, 0.3) is 0 Å². The first-order valence-electron chi connectivity index (χ1n) is 11.1. The molecular weight excluding hydrogens is 400 g/mol. The van der Waals surface area contributed by atoms with E-state index in [-0.39, 0.29) is 11.8 Å². The number of aromatic nitrogens is 2. The van der Waals surface area contributed by atoms with Gasteiger partial charge in [-0.25, -0.2) is 0 Å². The minimum atomic E-state index is -0.891. The molecule has 32 heavy (non-hydrogen) atoms. The van der Waals surface area contributed by atoms with Crippen LogP contribution in [0.15, 0.2) is 73.3 Å². The largest absolute Gasteiger partial charge is 0.361 e. The summed E-state index contributed by atoms with van der Waals surface area (Å²) in [5, 5.41) is 0. The van der Waals surface area contributed by atoms with Crippen LogP contribution in [0, 0.1) is 6.92 Å². The minimum Gasteiger partial charge on any atom is -0.361 e. The van der Waals surface area contributed by atoms with E-state index in [9.17, 15) is 4.79 Å². The van der Waals surface area contributed by atoms with E-state index in [1.165, 1.54) is 11.1 Å². The molecule has 6 nitrogen and oxygen atoms in total. The predicted molar refractivity (Wildman–Crippen MR) is 122 cm³/mol. The standard InChI is InChI=1S/C26H28N4O2/c1-20-4-2-5-22(14-20)16-29-18-24(23-6-3-9-28-15-23)26(19-29)25(31)30(12-13-32-26)17-21-7-10-27-11-8-21/h2-11,14-15,24H,12-13,16-19H2,1H3/t24-,26+/m0/s1. The number of hydrogen-bond acceptors (Lipinski definition) is 5.